The number of hydrogen-bond donors (Lipinski definition) is 2. The van der Waals surface area contributed by atoms with Crippen molar-refractivity contribution in [2.24, 2.45) is 4.99 Å². The summed E-state index contributed by atoms with van der Waals surface area (Å²) in [7, 11) is -3.28. The lowest BCUT2D eigenvalue weighted by Crippen LogP contribution is -2.39. The Morgan fingerprint density at radius 2 is 1.92 bits per heavy atom. The van der Waals surface area contributed by atoms with Crippen LogP contribution in [0.4, 0.5) is 0 Å². The Labute approximate surface area is 147 Å². The Kier molecular flexibility index (Phi) is 6.81. The van der Waals surface area contributed by atoms with Gasteiger partial charge in [-0.3, -0.25) is 0 Å². The molecule has 1 aromatic carbocycles. The molecule has 0 atom stereocenters. The van der Waals surface area contributed by atoms with Gasteiger partial charge in [-0.05, 0) is 43.0 Å². The van der Waals surface area contributed by atoms with Gasteiger partial charge in [-0.15, -0.1) is 11.3 Å². The molecular weight excluding hydrogens is 342 g/mol. The normalized spacial score (nSPS) is 12.2. The first-order chi connectivity index (χ1) is 11.5. The van der Waals surface area contributed by atoms with E-state index in [1.165, 1.54) is 10.4 Å². The molecule has 0 amide bonds. The molecule has 0 bridgehead atoms. The van der Waals surface area contributed by atoms with E-state index in [2.05, 4.69) is 28.6 Å². The van der Waals surface area contributed by atoms with E-state index in [4.69, 9.17) is 0 Å². The van der Waals surface area contributed by atoms with Gasteiger partial charge in [0, 0.05) is 18.0 Å². The standard InChI is InChI=1S/C17H23N3O2S2/c1-3-18-17(20-13-16-14(2)9-11-23-16)19-10-12-24(21,22)15-7-5-4-6-8-15/h4-9,11H,3,10,12-13H2,1-2H3,(H2,18,19,20). The van der Waals surface area contributed by atoms with E-state index in [0.717, 1.165) is 6.54 Å². The molecule has 2 aromatic rings. The highest BCUT2D eigenvalue weighted by Crippen LogP contribution is 2.16. The van der Waals surface area contributed by atoms with Gasteiger partial charge in [0.1, 0.15) is 0 Å². The van der Waals surface area contributed by atoms with Gasteiger partial charge >= 0.3 is 0 Å². The first-order valence-electron chi connectivity index (χ1n) is 7.86. The minimum Gasteiger partial charge on any atom is -0.357 e. The SMILES string of the molecule is CCNC(=NCc1sccc1C)NCCS(=O)(=O)c1ccccc1. The van der Waals surface area contributed by atoms with E-state index in [-0.39, 0.29) is 5.75 Å². The van der Waals surface area contributed by atoms with Gasteiger partial charge in [0.2, 0.25) is 0 Å². The third-order valence-electron chi connectivity index (χ3n) is 3.46. The number of nitrogens with zero attached hydrogens (tertiary/aromatic N) is 1. The Morgan fingerprint density at radius 3 is 2.54 bits per heavy atom. The maximum Gasteiger partial charge on any atom is 0.191 e. The maximum atomic E-state index is 12.3. The summed E-state index contributed by atoms with van der Waals surface area (Å²) >= 11 is 1.68. The Morgan fingerprint density at radius 1 is 1.17 bits per heavy atom. The van der Waals surface area contributed by atoms with E-state index in [1.807, 2.05) is 12.3 Å². The third-order valence-corrected chi connectivity index (χ3v) is 6.20. The van der Waals surface area contributed by atoms with E-state index in [0.29, 0.717) is 23.9 Å². The molecule has 0 aliphatic heterocycles. The molecule has 0 saturated carbocycles. The zero-order valence-corrected chi connectivity index (χ0v) is 15.6. The quantitative estimate of drug-likeness (QED) is 0.584. The molecule has 130 valence electrons. The van der Waals surface area contributed by atoms with E-state index in [9.17, 15) is 8.42 Å². The van der Waals surface area contributed by atoms with Crippen molar-refractivity contribution >= 4 is 27.1 Å². The topological polar surface area (TPSA) is 70.6 Å². The molecular formula is C17H23N3O2S2. The minimum atomic E-state index is -3.28. The van der Waals surface area contributed by atoms with E-state index in [1.54, 1.807) is 41.7 Å². The zero-order chi connectivity index (χ0) is 17.4. The van der Waals surface area contributed by atoms with Crippen LogP contribution in [0.5, 0.6) is 0 Å². The largest absolute Gasteiger partial charge is 0.357 e. The van der Waals surface area contributed by atoms with Gasteiger partial charge in [-0.2, -0.15) is 0 Å². The van der Waals surface area contributed by atoms with Crippen molar-refractivity contribution in [2.45, 2.75) is 25.3 Å². The molecule has 7 heteroatoms. The highest BCUT2D eigenvalue weighted by Gasteiger charge is 2.13. The molecule has 1 heterocycles. The number of nitrogens with one attached hydrogen (secondary N) is 2. The van der Waals surface area contributed by atoms with Crippen molar-refractivity contribution in [3.05, 3.63) is 52.2 Å². The lowest BCUT2D eigenvalue weighted by atomic mass is 10.3. The Balaban J connectivity index is 1.93. The molecule has 0 aliphatic carbocycles. The molecule has 24 heavy (non-hydrogen) atoms. The average Bonchev–Trinajstić information content (AvgIpc) is 2.98. The summed E-state index contributed by atoms with van der Waals surface area (Å²) < 4.78 is 24.5. The minimum absolute atomic E-state index is 0.0272. The number of rotatable bonds is 7. The number of thiophene rings is 1. The first kappa shape index (κ1) is 18.5. The van der Waals surface area contributed by atoms with Gasteiger partial charge < -0.3 is 10.6 Å². The second-order valence-corrected chi connectivity index (χ2v) is 8.39. The zero-order valence-electron chi connectivity index (χ0n) is 14.0. The number of aliphatic imine (C=N–C) groups is 1. The fourth-order valence-corrected chi connectivity index (χ4v) is 4.12. The summed E-state index contributed by atoms with van der Waals surface area (Å²) in [6.07, 6.45) is 0. The van der Waals surface area contributed by atoms with E-state index < -0.39 is 9.84 Å². The van der Waals surface area contributed by atoms with Crippen molar-refractivity contribution in [2.75, 3.05) is 18.8 Å². The molecule has 5 nitrogen and oxygen atoms in total. The van der Waals surface area contributed by atoms with Crippen molar-refractivity contribution in [1.82, 2.24) is 10.6 Å². The Bertz CT molecular complexity index is 768. The van der Waals surface area contributed by atoms with Crippen LogP contribution in [0, 0.1) is 6.92 Å². The second kappa shape index (κ2) is 8.84. The summed E-state index contributed by atoms with van der Waals surface area (Å²) in [4.78, 5) is 6.08. The van der Waals surface area contributed by atoms with Crippen LogP contribution in [0.2, 0.25) is 0 Å². The predicted octanol–water partition coefficient (Wildman–Crippen LogP) is 2.59. The smallest absolute Gasteiger partial charge is 0.191 e. The fraction of sp³-hybridized carbons (Fsp3) is 0.353. The van der Waals surface area contributed by atoms with Crippen LogP contribution in [0.15, 0.2) is 51.7 Å². The van der Waals surface area contributed by atoms with Gasteiger partial charge in [0.15, 0.2) is 15.8 Å². The molecule has 0 aliphatic rings. The van der Waals surface area contributed by atoms with Crippen LogP contribution in [-0.4, -0.2) is 33.2 Å². The first-order valence-corrected chi connectivity index (χ1v) is 10.4. The molecule has 0 radical (unpaired) electrons. The maximum absolute atomic E-state index is 12.3. The van der Waals surface area contributed by atoms with Crippen LogP contribution in [0.1, 0.15) is 17.4 Å². The van der Waals surface area contributed by atoms with Crippen LogP contribution < -0.4 is 10.6 Å². The highest BCUT2D eigenvalue weighted by molar-refractivity contribution is 7.91. The van der Waals surface area contributed by atoms with Gasteiger partial charge in [-0.25, -0.2) is 13.4 Å². The second-order valence-electron chi connectivity index (χ2n) is 5.28. The van der Waals surface area contributed by atoms with Crippen molar-refractivity contribution < 1.29 is 8.42 Å². The molecule has 0 saturated heterocycles. The monoisotopic (exact) mass is 365 g/mol. The molecule has 0 fully saturated rings. The fourth-order valence-electron chi connectivity index (χ4n) is 2.11. The summed E-state index contributed by atoms with van der Waals surface area (Å²) in [5, 5.41) is 8.28. The van der Waals surface area contributed by atoms with Crippen LogP contribution >= 0.6 is 11.3 Å². The molecule has 2 rings (SSSR count). The highest BCUT2D eigenvalue weighted by atomic mass is 32.2. The van der Waals surface area contributed by atoms with E-state index >= 15 is 0 Å². The van der Waals surface area contributed by atoms with Crippen molar-refractivity contribution in [3.63, 3.8) is 0 Å². The lowest BCUT2D eigenvalue weighted by molar-refractivity contribution is 0.594. The van der Waals surface area contributed by atoms with Gasteiger partial charge in [0.25, 0.3) is 0 Å². The predicted molar refractivity (Wildman–Crippen MR) is 100 cm³/mol. The Hall–Kier alpha value is -1.86. The number of sulfone groups is 1. The van der Waals surface area contributed by atoms with Gasteiger partial charge in [0.05, 0.1) is 17.2 Å². The van der Waals surface area contributed by atoms with Crippen LogP contribution in [0.3, 0.4) is 0 Å². The summed E-state index contributed by atoms with van der Waals surface area (Å²) in [6, 6.07) is 10.6. The number of hydrogen-bond acceptors (Lipinski definition) is 4. The van der Waals surface area contributed by atoms with Crippen LogP contribution in [0.25, 0.3) is 0 Å². The number of benzene rings is 1. The average molecular weight is 366 g/mol. The summed E-state index contributed by atoms with van der Waals surface area (Å²) in [5.74, 6) is 0.660. The molecule has 0 spiro atoms. The van der Waals surface area contributed by atoms with Crippen LogP contribution in [-0.2, 0) is 16.4 Å². The van der Waals surface area contributed by atoms with Crippen molar-refractivity contribution in [3.8, 4) is 0 Å². The lowest BCUT2D eigenvalue weighted by Gasteiger charge is -2.11. The number of guanidine groups is 1. The summed E-state index contributed by atoms with van der Waals surface area (Å²) in [6.45, 7) is 5.67. The third kappa shape index (κ3) is 5.35. The molecule has 2 N–H and O–H groups in total. The van der Waals surface area contributed by atoms with Gasteiger partial charge in [-0.1, -0.05) is 18.2 Å². The summed E-state index contributed by atoms with van der Waals surface area (Å²) in [5.41, 5.74) is 1.23. The van der Waals surface area contributed by atoms with Crippen molar-refractivity contribution in [1.29, 1.82) is 0 Å². The molecule has 0 unspecified atom stereocenters. The number of aryl methyl sites for hydroxylation is 1. The molecule has 1 aromatic heterocycles.